The molecule has 2 aromatic carbocycles. The van der Waals surface area contributed by atoms with Crippen molar-refractivity contribution in [1.82, 2.24) is 15.1 Å². The highest BCUT2D eigenvalue weighted by atomic mass is 19.2. The van der Waals surface area contributed by atoms with E-state index in [4.69, 9.17) is 0 Å². The minimum absolute atomic E-state index is 0.118. The van der Waals surface area contributed by atoms with Crippen molar-refractivity contribution in [3.63, 3.8) is 0 Å². The molecule has 4 nitrogen and oxygen atoms in total. The summed E-state index contributed by atoms with van der Waals surface area (Å²) in [6, 6.07) is 10.9. The van der Waals surface area contributed by atoms with Gasteiger partial charge in [-0.2, -0.15) is 5.10 Å². The standard InChI is InChI=1S/C23H22F3N3O/c1-23(2)11-19(28-21(30)10-15-17(24)8-9-18(25)22(15)26)16-13-27-29(20(16)12-23)14-6-4-3-5-7-14/h3-9,13,19H,10-12H2,1-2H3,(H,28,30). The number of amides is 1. The van der Waals surface area contributed by atoms with Crippen LogP contribution in [0, 0.1) is 22.9 Å². The van der Waals surface area contributed by atoms with Gasteiger partial charge in [0.2, 0.25) is 5.91 Å². The van der Waals surface area contributed by atoms with Gasteiger partial charge in [-0.3, -0.25) is 4.79 Å². The molecule has 0 spiro atoms. The second-order valence-corrected chi connectivity index (χ2v) is 8.46. The molecule has 1 aliphatic carbocycles. The van der Waals surface area contributed by atoms with E-state index in [9.17, 15) is 18.0 Å². The third kappa shape index (κ3) is 3.84. The fraction of sp³-hybridized carbons (Fsp3) is 0.304. The van der Waals surface area contributed by atoms with E-state index in [-0.39, 0.29) is 11.5 Å². The fourth-order valence-electron chi connectivity index (χ4n) is 4.10. The van der Waals surface area contributed by atoms with Crippen LogP contribution in [0.4, 0.5) is 13.2 Å². The molecule has 1 unspecified atom stereocenters. The lowest BCUT2D eigenvalue weighted by Gasteiger charge is -2.36. The monoisotopic (exact) mass is 413 g/mol. The number of aromatic nitrogens is 2. The third-order valence-electron chi connectivity index (χ3n) is 5.49. The normalized spacial score (nSPS) is 17.4. The topological polar surface area (TPSA) is 46.9 Å². The molecule has 7 heteroatoms. The van der Waals surface area contributed by atoms with Gasteiger partial charge in [0, 0.05) is 11.1 Å². The van der Waals surface area contributed by atoms with Gasteiger partial charge in [0.15, 0.2) is 11.6 Å². The molecule has 0 bridgehead atoms. The highest BCUT2D eigenvalue weighted by Crippen LogP contribution is 2.41. The number of rotatable bonds is 4. The van der Waals surface area contributed by atoms with Crippen molar-refractivity contribution in [2.45, 2.75) is 39.2 Å². The van der Waals surface area contributed by atoms with Gasteiger partial charge < -0.3 is 5.32 Å². The first-order valence-electron chi connectivity index (χ1n) is 9.79. The number of para-hydroxylation sites is 1. The Kier molecular flexibility index (Phi) is 5.13. The first kappa shape index (κ1) is 20.2. The number of carbonyl (C=O) groups excluding carboxylic acids is 1. The summed E-state index contributed by atoms with van der Waals surface area (Å²) in [6.45, 7) is 4.20. The number of halogens is 3. The summed E-state index contributed by atoms with van der Waals surface area (Å²) >= 11 is 0. The minimum atomic E-state index is -1.33. The summed E-state index contributed by atoms with van der Waals surface area (Å²) in [4.78, 5) is 12.6. The molecule has 30 heavy (non-hydrogen) atoms. The van der Waals surface area contributed by atoms with Gasteiger partial charge in [0.05, 0.1) is 30.0 Å². The molecule has 0 aliphatic heterocycles. The lowest BCUT2D eigenvalue weighted by atomic mass is 9.74. The first-order valence-corrected chi connectivity index (χ1v) is 9.79. The number of hydrogen-bond donors (Lipinski definition) is 1. The Morgan fingerprint density at radius 2 is 1.83 bits per heavy atom. The Hall–Kier alpha value is -3.09. The van der Waals surface area contributed by atoms with Gasteiger partial charge in [0.1, 0.15) is 5.82 Å². The molecule has 0 saturated heterocycles. The van der Waals surface area contributed by atoms with Crippen LogP contribution < -0.4 is 5.32 Å². The predicted octanol–water partition coefficient (Wildman–Crippen LogP) is 4.66. The van der Waals surface area contributed by atoms with Crippen molar-refractivity contribution in [2.24, 2.45) is 5.41 Å². The first-order chi connectivity index (χ1) is 14.2. The molecule has 1 heterocycles. The number of fused-ring (bicyclic) bond motifs is 1. The zero-order chi connectivity index (χ0) is 21.5. The van der Waals surface area contributed by atoms with E-state index < -0.39 is 35.3 Å². The molecule has 0 radical (unpaired) electrons. The SMILES string of the molecule is CC1(C)Cc2c(cnn2-c2ccccc2)C(NC(=O)Cc2c(F)ccc(F)c2F)C1. The Morgan fingerprint density at radius 3 is 2.57 bits per heavy atom. The van der Waals surface area contributed by atoms with Crippen LogP contribution in [0.3, 0.4) is 0 Å². The zero-order valence-electron chi connectivity index (χ0n) is 16.8. The zero-order valence-corrected chi connectivity index (χ0v) is 16.8. The number of nitrogens with one attached hydrogen (secondary N) is 1. The second kappa shape index (κ2) is 7.63. The molecule has 1 atom stereocenters. The third-order valence-corrected chi connectivity index (χ3v) is 5.49. The van der Waals surface area contributed by atoms with Gasteiger partial charge in [-0.25, -0.2) is 17.9 Å². The molecular weight excluding hydrogens is 391 g/mol. The minimum Gasteiger partial charge on any atom is -0.349 e. The number of benzene rings is 2. The van der Waals surface area contributed by atoms with Crippen LogP contribution in [0.5, 0.6) is 0 Å². The van der Waals surface area contributed by atoms with Crippen LogP contribution in [-0.4, -0.2) is 15.7 Å². The average molecular weight is 413 g/mol. The fourth-order valence-corrected chi connectivity index (χ4v) is 4.10. The molecule has 0 fully saturated rings. The van der Waals surface area contributed by atoms with Crippen molar-refractivity contribution in [3.8, 4) is 5.69 Å². The Labute approximate surface area is 172 Å². The smallest absolute Gasteiger partial charge is 0.225 e. The molecule has 1 N–H and O–H groups in total. The van der Waals surface area contributed by atoms with Crippen LogP contribution in [0.2, 0.25) is 0 Å². The van der Waals surface area contributed by atoms with Crippen molar-refractivity contribution in [1.29, 1.82) is 0 Å². The summed E-state index contributed by atoms with van der Waals surface area (Å²) in [5.41, 5.74) is 2.11. The largest absolute Gasteiger partial charge is 0.349 e. The van der Waals surface area contributed by atoms with Crippen molar-refractivity contribution in [3.05, 3.63) is 82.9 Å². The van der Waals surface area contributed by atoms with Gasteiger partial charge in [-0.15, -0.1) is 0 Å². The molecule has 1 aliphatic rings. The summed E-state index contributed by atoms with van der Waals surface area (Å²) in [5, 5.41) is 7.38. The average Bonchev–Trinajstić information content (AvgIpc) is 3.11. The summed E-state index contributed by atoms with van der Waals surface area (Å²) in [5.74, 6) is -4.01. The van der Waals surface area contributed by atoms with E-state index in [2.05, 4.69) is 24.3 Å². The van der Waals surface area contributed by atoms with E-state index in [0.717, 1.165) is 29.4 Å². The van der Waals surface area contributed by atoms with Crippen molar-refractivity contribution >= 4 is 5.91 Å². The maximum absolute atomic E-state index is 13.9. The number of nitrogens with zero attached hydrogens (tertiary/aromatic N) is 2. The molecule has 1 aromatic heterocycles. The van der Waals surface area contributed by atoms with E-state index >= 15 is 0 Å². The van der Waals surface area contributed by atoms with E-state index in [1.807, 2.05) is 35.0 Å². The van der Waals surface area contributed by atoms with Crippen LogP contribution in [0.25, 0.3) is 5.69 Å². The lowest BCUT2D eigenvalue weighted by molar-refractivity contribution is -0.121. The Bertz CT molecular complexity index is 1090. The molecule has 4 rings (SSSR count). The lowest BCUT2D eigenvalue weighted by Crippen LogP contribution is -2.37. The van der Waals surface area contributed by atoms with Gasteiger partial charge >= 0.3 is 0 Å². The molecule has 156 valence electrons. The van der Waals surface area contributed by atoms with Crippen LogP contribution >= 0.6 is 0 Å². The highest BCUT2D eigenvalue weighted by Gasteiger charge is 2.36. The quantitative estimate of drug-likeness (QED) is 0.633. The number of carbonyl (C=O) groups is 1. The Balaban J connectivity index is 1.61. The summed E-state index contributed by atoms with van der Waals surface area (Å²) in [7, 11) is 0. The Morgan fingerprint density at radius 1 is 1.13 bits per heavy atom. The molecular formula is C23H22F3N3O. The number of hydrogen-bond acceptors (Lipinski definition) is 2. The summed E-state index contributed by atoms with van der Waals surface area (Å²) in [6.07, 6.45) is 2.58. The van der Waals surface area contributed by atoms with Gasteiger partial charge in [-0.05, 0) is 42.5 Å². The van der Waals surface area contributed by atoms with Gasteiger partial charge in [0.25, 0.3) is 0 Å². The maximum atomic E-state index is 13.9. The predicted molar refractivity (Wildman–Crippen MR) is 107 cm³/mol. The molecule has 1 amide bonds. The van der Waals surface area contributed by atoms with Crippen molar-refractivity contribution in [2.75, 3.05) is 0 Å². The van der Waals surface area contributed by atoms with E-state index in [0.29, 0.717) is 12.5 Å². The molecule has 3 aromatic rings. The van der Waals surface area contributed by atoms with Crippen LogP contribution in [-0.2, 0) is 17.6 Å². The van der Waals surface area contributed by atoms with Crippen molar-refractivity contribution < 1.29 is 18.0 Å². The maximum Gasteiger partial charge on any atom is 0.225 e. The summed E-state index contributed by atoms with van der Waals surface area (Å²) < 4.78 is 43.2. The van der Waals surface area contributed by atoms with Crippen LogP contribution in [0.1, 0.15) is 43.1 Å². The highest BCUT2D eigenvalue weighted by molar-refractivity contribution is 5.79. The molecule has 0 saturated carbocycles. The van der Waals surface area contributed by atoms with E-state index in [1.54, 1.807) is 6.20 Å². The second-order valence-electron chi connectivity index (χ2n) is 8.46. The van der Waals surface area contributed by atoms with Crippen LogP contribution in [0.15, 0.2) is 48.7 Å². The van der Waals surface area contributed by atoms with E-state index in [1.165, 1.54) is 0 Å². The van der Waals surface area contributed by atoms with Gasteiger partial charge in [-0.1, -0.05) is 32.0 Å².